The monoisotopic (exact) mass is 757 g/mol. The molecule has 52 heavy (non-hydrogen) atoms. The van der Waals surface area contributed by atoms with Crippen LogP contribution in [0.15, 0.2) is 0 Å². The molecule has 0 rings (SSSR count). The van der Waals surface area contributed by atoms with Gasteiger partial charge in [-0.05, 0) is 0 Å². The van der Waals surface area contributed by atoms with Crippen molar-refractivity contribution in [3.63, 3.8) is 0 Å². The van der Waals surface area contributed by atoms with Gasteiger partial charge in [0.2, 0.25) is 0 Å². The van der Waals surface area contributed by atoms with Crippen LogP contribution in [0.4, 0.5) is 0 Å². The van der Waals surface area contributed by atoms with Crippen molar-refractivity contribution in [3.05, 3.63) is 0 Å². The number of hydrogen-bond acceptors (Lipinski definition) is 3. The first-order valence-electron chi connectivity index (χ1n) is 24.4. The fourth-order valence-corrected chi connectivity index (χ4v) is 11.7. The third-order valence-corrected chi connectivity index (χ3v) is 15.9. The summed E-state index contributed by atoms with van der Waals surface area (Å²) in [4.78, 5) is 34.5. The van der Waals surface area contributed by atoms with E-state index in [1.165, 1.54) is 199 Å². The molecular weight excluding hydrogens is 655 g/mol. The van der Waals surface area contributed by atoms with Crippen LogP contribution < -0.4 is 0 Å². The summed E-state index contributed by atoms with van der Waals surface area (Å²) in [6.07, 6.45) is 51.2. The average molecular weight is 757 g/mol. The minimum absolute atomic E-state index is 0.218. The van der Waals surface area contributed by atoms with E-state index in [1.807, 2.05) is 0 Å². The van der Waals surface area contributed by atoms with E-state index < -0.39 is 7.28 Å². The Morgan fingerprint density at radius 3 is 0.827 bits per heavy atom. The number of unbranched alkanes of at least 4 members (excludes halogenated alkanes) is 28. The van der Waals surface area contributed by atoms with Crippen molar-refractivity contribution in [2.45, 2.75) is 297 Å². The number of rotatable bonds is 43. The summed E-state index contributed by atoms with van der Waals surface area (Å²) >= 11 is 0. The van der Waals surface area contributed by atoms with Crippen LogP contribution in [0.5, 0.6) is 0 Å². The molecule has 0 aliphatic rings. The molecule has 316 valence electrons. The van der Waals surface area contributed by atoms with Crippen molar-refractivity contribution in [2.75, 3.05) is 6.16 Å². The fourth-order valence-electron chi connectivity index (χ4n) is 9.04. The SMILES string of the molecule is CCCCCCCCC(CCCCCCC(CCCCCCCC)(CCCCCCCC)CCCCCCCC)P(O)(O)(O)CCCCCCCC. The van der Waals surface area contributed by atoms with Gasteiger partial charge in [0.05, 0.1) is 0 Å². The molecule has 0 heterocycles. The first-order valence-corrected chi connectivity index (χ1v) is 26.8. The van der Waals surface area contributed by atoms with Gasteiger partial charge >= 0.3 is 252 Å². The zero-order valence-electron chi connectivity index (χ0n) is 36.9. The molecule has 0 saturated carbocycles. The van der Waals surface area contributed by atoms with E-state index >= 15 is 0 Å². The summed E-state index contributed by atoms with van der Waals surface area (Å²) in [7, 11) is -4.65. The molecule has 0 fully saturated rings. The van der Waals surface area contributed by atoms with Crippen LogP contribution in [-0.4, -0.2) is 26.5 Å². The summed E-state index contributed by atoms with van der Waals surface area (Å²) in [5, 5.41) is 0. The summed E-state index contributed by atoms with van der Waals surface area (Å²) in [5.74, 6) is 0. The zero-order valence-corrected chi connectivity index (χ0v) is 37.8. The van der Waals surface area contributed by atoms with Gasteiger partial charge < -0.3 is 0 Å². The Labute approximate surface area is 329 Å². The molecule has 0 aliphatic carbocycles. The van der Waals surface area contributed by atoms with Crippen LogP contribution in [0.3, 0.4) is 0 Å². The fraction of sp³-hybridized carbons (Fsp3) is 1.00. The van der Waals surface area contributed by atoms with Gasteiger partial charge in [-0.2, -0.15) is 0 Å². The second-order valence-electron chi connectivity index (χ2n) is 17.9. The minimum atomic E-state index is -4.65. The topological polar surface area (TPSA) is 60.7 Å². The van der Waals surface area contributed by atoms with Crippen LogP contribution in [0.2, 0.25) is 0 Å². The molecule has 0 aromatic rings. The van der Waals surface area contributed by atoms with Crippen LogP contribution in [0.1, 0.15) is 291 Å². The first-order chi connectivity index (χ1) is 25.2. The van der Waals surface area contributed by atoms with Crippen molar-refractivity contribution in [2.24, 2.45) is 5.41 Å². The third-order valence-electron chi connectivity index (χ3n) is 12.8. The quantitative estimate of drug-likeness (QED) is 0.0429. The van der Waals surface area contributed by atoms with Crippen LogP contribution >= 0.6 is 7.28 Å². The van der Waals surface area contributed by atoms with Gasteiger partial charge in [0.1, 0.15) is 0 Å². The van der Waals surface area contributed by atoms with E-state index in [-0.39, 0.29) is 11.8 Å². The number of hydrogen-bond donors (Lipinski definition) is 3. The second kappa shape index (κ2) is 35.7. The van der Waals surface area contributed by atoms with Crippen LogP contribution in [0, 0.1) is 5.41 Å². The Hall–Kier alpha value is 0.310. The summed E-state index contributed by atoms with van der Waals surface area (Å²) in [6, 6.07) is 0. The molecular formula is C48H101O3P. The molecule has 0 spiro atoms. The van der Waals surface area contributed by atoms with E-state index in [1.54, 1.807) is 0 Å². The van der Waals surface area contributed by atoms with Gasteiger partial charge in [-0.1, -0.05) is 78.6 Å². The van der Waals surface area contributed by atoms with Gasteiger partial charge in [0.25, 0.3) is 0 Å². The Bertz CT molecular complexity index is 675. The predicted molar refractivity (Wildman–Crippen MR) is 238 cm³/mol. The molecule has 0 aromatic heterocycles. The van der Waals surface area contributed by atoms with E-state index in [9.17, 15) is 14.7 Å². The van der Waals surface area contributed by atoms with Gasteiger partial charge in [-0.3, -0.25) is 0 Å². The summed E-state index contributed by atoms with van der Waals surface area (Å²) in [5.41, 5.74) is 0.213. The Morgan fingerprint density at radius 2 is 0.538 bits per heavy atom. The Morgan fingerprint density at radius 1 is 0.308 bits per heavy atom. The first kappa shape index (κ1) is 52.3. The Kier molecular flexibility index (Phi) is 35.9. The van der Waals surface area contributed by atoms with E-state index in [0.29, 0.717) is 5.41 Å². The van der Waals surface area contributed by atoms with Crippen LogP contribution in [0.25, 0.3) is 0 Å². The molecule has 1 atom stereocenters. The van der Waals surface area contributed by atoms with Crippen molar-refractivity contribution < 1.29 is 14.7 Å². The van der Waals surface area contributed by atoms with Gasteiger partial charge in [0.15, 0.2) is 0 Å². The van der Waals surface area contributed by atoms with E-state index in [0.717, 1.165) is 57.8 Å². The Balaban J connectivity index is 5.35. The molecule has 3 N–H and O–H groups in total. The summed E-state index contributed by atoms with van der Waals surface area (Å²) < 4.78 is 0. The van der Waals surface area contributed by atoms with Gasteiger partial charge in [-0.15, -0.1) is 0 Å². The van der Waals surface area contributed by atoms with Crippen molar-refractivity contribution >= 4 is 7.28 Å². The maximum absolute atomic E-state index is 11.5. The molecule has 0 aromatic carbocycles. The van der Waals surface area contributed by atoms with E-state index in [2.05, 4.69) is 34.6 Å². The second-order valence-corrected chi connectivity index (χ2v) is 21.6. The van der Waals surface area contributed by atoms with Gasteiger partial charge in [-0.25, -0.2) is 0 Å². The molecule has 3 nitrogen and oxygen atoms in total. The standard InChI is InChI=1S/C48H101O3P/c1-6-11-16-21-26-33-40-47(52(49,50,51)46-39-32-25-20-15-10-5)41-34-27-31-38-45-48(42-35-28-22-17-12-7-2,43-36-29-23-18-13-8-3)44-37-30-24-19-14-9-4/h47,49-51H,6-46H2,1-5H3. The maximum atomic E-state index is 11.5. The molecule has 0 saturated heterocycles. The third kappa shape index (κ3) is 30.5. The van der Waals surface area contributed by atoms with Crippen molar-refractivity contribution in [1.29, 1.82) is 0 Å². The molecule has 1 unspecified atom stereocenters. The predicted octanol–water partition coefficient (Wildman–Crippen LogP) is 17.3. The average Bonchev–Trinajstić information content (AvgIpc) is 3.12. The molecule has 0 amide bonds. The molecule has 0 aliphatic heterocycles. The normalized spacial score (nSPS) is 13.8. The molecule has 0 bridgehead atoms. The molecule has 4 heteroatoms. The van der Waals surface area contributed by atoms with Crippen LogP contribution in [-0.2, 0) is 0 Å². The van der Waals surface area contributed by atoms with E-state index in [4.69, 9.17) is 0 Å². The van der Waals surface area contributed by atoms with Crippen molar-refractivity contribution in [1.82, 2.24) is 0 Å². The summed E-state index contributed by atoms with van der Waals surface area (Å²) in [6.45, 7) is 11.5. The van der Waals surface area contributed by atoms with Crippen molar-refractivity contribution in [3.8, 4) is 0 Å². The zero-order chi connectivity index (χ0) is 38.5. The van der Waals surface area contributed by atoms with Gasteiger partial charge in [0, 0.05) is 0 Å². The molecule has 0 radical (unpaired) electrons.